The third kappa shape index (κ3) is 4.08. The fourth-order valence-electron chi connectivity index (χ4n) is 1.88. The predicted molar refractivity (Wildman–Crippen MR) is 59.5 cm³/mol. The van der Waals surface area contributed by atoms with Crippen LogP contribution >= 0.6 is 0 Å². The number of hydrogen-bond acceptors (Lipinski definition) is 3. The fourth-order valence-corrected chi connectivity index (χ4v) is 1.88. The Kier molecular flexibility index (Phi) is 4.39. The summed E-state index contributed by atoms with van der Waals surface area (Å²) in [6.07, 6.45) is 0.777. The van der Waals surface area contributed by atoms with E-state index in [0.717, 1.165) is 13.0 Å². The summed E-state index contributed by atoms with van der Waals surface area (Å²) < 4.78 is 5.17. The van der Waals surface area contributed by atoms with Gasteiger partial charge in [-0.15, -0.1) is 0 Å². The molecule has 0 aromatic carbocycles. The number of nitrogens with two attached hydrogens (primary N) is 1. The minimum atomic E-state index is -0.217. The SMILES string of the molecule is CC(C)COC(=O)N1CC(C)CC(N)C1. The average Bonchev–Trinajstić information content (AvgIpc) is 2.12. The molecule has 0 aromatic heterocycles. The second kappa shape index (κ2) is 5.35. The average molecular weight is 214 g/mol. The lowest BCUT2D eigenvalue weighted by atomic mass is 9.97. The van der Waals surface area contributed by atoms with Gasteiger partial charge in [-0.05, 0) is 18.3 Å². The lowest BCUT2D eigenvalue weighted by molar-refractivity contribution is 0.0737. The maximum atomic E-state index is 11.6. The van der Waals surface area contributed by atoms with Crippen LogP contribution in [0.4, 0.5) is 4.79 Å². The monoisotopic (exact) mass is 214 g/mol. The highest BCUT2D eigenvalue weighted by Gasteiger charge is 2.26. The maximum Gasteiger partial charge on any atom is 0.409 e. The predicted octanol–water partition coefficient (Wildman–Crippen LogP) is 1.45. The number of ether oxygens (including phenoxy) is 1. The molecule has 1 amide bonds. The number of piperidine rings is 1. The number of carbonyl (C=O) groups is 1. The van der Waals surface area contributed by atoms with E-state index in [2.05, 4.69) is 6.92 Å². The van der Waals surface area contributed by atoms with Crippen molar-refractivity contribution in [2.75, 3.05) is 19.7 Å². The molecular weight excluding hydrogens is 192 g/mol. The van der Waals surface area contributed by atoms with Crippen molar-refractivity contribution in [3.63, 3.8) is 0 Å². The summed E-state index contributed by atoms with van der Waals surface area (Å²) in [6.45, 7) is 8.04. The number of rotatable bonds is 2. The van der Waals surface area contributed by atoms with Crippen LogP contribution in [0.5, 0.6) is 0 Å². The van der Waals surface area contributed by atoms with Gasteiger partial charge in [0.05, 0.1) is 6.61 Å². The van der Waals surface area contributed by atoms with Crippen LogP contribution in [-0.2, 0) is 4.74 Å². The Labute approximate surface area is 91.8 Å². The molecule has 0 radical (unpaired) electrons. The van der Waals surface area contributed by atoms with Crippen molar-refractivity contribution in [1.29, 1.82) is 0 Å². The minimum Gasteiger partial charge on any atom is -0.449 e. The van der Waals surface area contributed by atoms with Crippen LogP contribution in [0.15, 0.2) is 0 Å². The third-order valence-electron chi connectivity index (χ3n) is 2.49. The molecule has 2 unspecified atom stereocenters. The van der Waals surface area contributed by atoms with Gasteiger partial charge in [-0.25, -0.2) is 4.79 Å². The zero-order chi connectivity index (χ0) is 11.4. The van der Waals surface area contributed by atoms with Crippen LogP contribution in [0.2, 0.25) is 0 Å². The van der Waals surface area contributed by atoms with E-state index >= 15 is 0 Å². The lowest BCUT2D eigenvalue weighted by Gasteiger charge is -2.34. The molecule has 1 aliphatic rings. The zero-order valence-electron chi connectivity index (χ0n) is 9.90. The molecule has 0 spiro atoms. The van der Waals surface area contributed by atoms with Gasteiger partial charge in [-0.3, -0.25) is 0 Å². The number of carbonyl (C=O) groups excluding carboxylic acids is 1. The van der Waals surface area contributed by atoms with Crippen molar-refractivity contribution in [3.8, 4) is 0 Å². The van der Waals surface area contributed by atoms with E-state index < -0.39 is 0 Å². The number of hydrogen-bond donors (Lipinski definition) is 1. The molecule has 4 heteroatoms. The molecule has 88 valence electrons. The van der Waals surface area contributed by atoms with E-state index in [1.54, 1.807) is 4.90 Å². The van der Waals surface area contributed by atoms with Crippen LogP contribution in [0, 0.1) is 11.8 Å². The molecule has 4 nitrogen and oxygen atoms in total. The molecule has 1 heterocycles. The highest BCUT2D eigenvalue weighted by molar-refractivity contribution is 5.67. The number of likely N-dealkylation sites (tertiary alicyclic amines) is 1. The maximum absolute atomic E-state index is 11.6. The molecule has 1 aliphatic heterocycles. The molecule has 15 heavy (non-hydrogen) atoms. The summed E-state index contributed by atoms with van der Waals surface area (Å²) in [4.78, 5) is 13.4. The first kappa shape index (κ1) is 12.3. The van der Waals surface area contributed by atoms with Crippen LogP contribution in [-0.4, -0.2) is 36.7 Å². The standard InChI is InChI=1S/C11H22N2O2/c1-8(2)7-15-11(14)13-5-9(3)4-10(12)6-13/h8-10H,4-7,12H2,1-3H3. The second-order valence-electron chi connectivity index (χ2n) is 4.98. The van der Waals surface area contributed by atoms with Gasteiger partial charge in [-0.2, -0.15) is 0 Å². The first-order valence-electron chi connectivity index (χ1n) is 5.66. The lowest BCUT2D eigenvalue weighted by Crippen LogP contribution is -2.49. The van der Waals surface area contributed by atoms with Gasteiger partial charge in [0.15, 0.2) is 0 Å². The van der Waals surface area contributed by atoms with E-state index in [-0.39, 0.29) is 12.1 Å². The Morgan fingerprint density at radius 2 is 2.20 bits per heavy atom. The van der Waals surface area contributed by atoms with Crippen LogP contribution in [0.25, 0.3) is 0 Å². The van der Waals surface area contributed by atoms with Crippen molar-refractivity contribution in [1.82, 2.24) is 4.90 Å². The topological polar surface area (TPSA) is 55.6 Å². The molecule has 2 atom stereocenters. The van der Waals surface area contributed by atoms with Gasteiger partial charge in [0.2, 0.25) is 0 Å². The van der Waals surface area contributed by atoms with Crippen molar-refractivity contribution in [2.45, 2.75) is 33.2 Å². The molecule has 0 aromatic rings. The van der Waals surface area contributed by atoms with Crippen molar-refractivity contribution >= 4 is 6.09 Å². The van der Waals surface area contributed by atoms with Crippen LogP contribution in [0.1, 0.15) is 27.2 Å². The summed E-state index contributed by atoms with van der Waals surface area (Å²) in [5, 5.41) is 0. The normalized spacial score (nSPS) is 26.9. The Morgan fingerprint density at radius 3 is 2.73 bits per heavy atom. The third-order valence-corrected chi connectivity index (χ3v) is 2.49. The molecular formula is C11H22N2O2. The molecule has 0 bridgehead atoms. The number of amides is 1. The van der Waals surface area contributed by atoms with Crippen molar-refractivity contribution < 1.29 is 9.53 Å². The van der Waals surface area contributed by atoms with Crippen molar-refractivity contribution in [3.05, 3.63) is 0 Å². The first-order chi connectivity index (χ1) is 6.99. The molecule has 1 fully saturated rings. The molecule has 0 aliphatic carbocycles. The van der Waals surface area contributed by atoms with Crippen LogP contribution in [0.3, 0.4) is 0 Å². The summed E-state index contributed by atoms with van der Waals surface area (Å²) >= 11 is 0. The molecule has 0 saturated carbocycles. The largest absolute Gasteiger partial charge is 0.449 e. The highest BCUT2D eigenvalue weighted by atomic mass is 16.6. The Bertz CT molecular complexity index is 209. The summed E-state index contributed by atoms with van der Waals surface area (Å²) in [7, 11) is 0. The Morgan fingerprint density at radius 1 is 1.53 bits per heavy atom. The first-order valence-corrected chi connectivity index (χ1v) is 5.66. The highest BCUT2D eigenvalue weighted by Crippen LogP contribution is 2.15. The van der Waals surface area contributed by atoms with E-state index in [4.69, 9.17) is 10.5 Å². The summed E-state index contributed by atoms with van der Waals surface area (Å²) in [6, 6.07) is 0.0975. The van der Waals surface area contributed by atoms with Gasteiger partial charge >= 0.3 is 6.09 Å². The van der Waals surface area contributed by atoms with Gasteiger partial charge < -0.3 is 15.4 Å². The molecule has 2 N–H and O–H groups in total. The van der Waals surface area contributed by atoms with Crippen LogP contribution < -0.4 is 5.73 Å². The fraction of sp³-hybridized carbons (Fsp3) is 0.909. The van der Waals surface area contributed by atoms with E-state index in [1.165, 1.54) is 0 Å². The van der Waals surface area contributed by atoms with Gasteiger partial charge in [-0.1, -0.05) is 20.8 Å². The zero-order valence-corrected chi connectivity index (χ0v) is 9.90. The second-order valence-corrected chi connectivity index (χ2v) is 4.98. The molecule has 1 rings (SSSR count). The number of nitrogens with zero attached hydrogens (tertiary/aromatic N) is 1. The summed E-state index contributed by atoms with van der Waals surface area (Å²) in [5.41, 5.74) is 5.86. The quantitative estimate of drug-likeness (QED) is 0.757. The van der Waals surface area contributed by atoms with E-state index in [1.807, 2.05) is 13.8 Å². The van der Waals surface area contributed by atoms with Gasteiger partial charge in [0.1, 0.15) is 0 Å². The molecule has 1 saturated heterocycles. The van der Waals surface area contributed by atoms with Gasteiger partial charge in [0.25, 0.3) is 0 Å². The van der Waals surface area contributed by atoms with E-state index in [9.17, 15) is 4.79 Å². The Hall–Kier alpha value is -0.770. The summed E-state index contributed by atoms with van der Waals surface area (Å²) in [5.74, 6) is 0.852. The smallest absolute Gasteiger partial charge is 0.409 e. The Balaban J connectivity index is 2.38. The van der Waals surface area contributed by atoms with E-state index in [0.29, 0.717) is 25.0 Å². The van der Waals surface area contributed by atoms with Gasteiger partial charge in [0, 0.05) is 19.1 Å². The van der Waals surface area contributed by atoms with Crippen molar-refractivity contribution in [2.24, 2.45) is 17.6 Å². The minimum absolute atomic E-state index is 0.0975.